The van der Waals surface area contributed by atoms with Gasteiger partial charge in [-0.15, -0.1) is 11.6 Å². The molecule has 0 bridgehead atoms. The van der Waals surface area contributed by atoms with E-state index >= 15 is 0 Å². The van der Waals surface area contributed by atoms with E-state index in [1.54, 1.807) is 6.07 Å². The summed E-state index contributed by atoms with van der Waals surface area (Å²) in [6.45, 7) is 0. The molecule has 5 heteroatoms. The van der Waals surface area contributed by atoms with Crippen LogP contribution in [0.25, 0.3) is 11.1 Å². The fraction of sp³-hybridized carbons (Fsp3) is 0.125. The van der Waals surface area contributed by atoms with E-state index in [1.807, 2.05) is 42.5 Å². The average molecular weight is 321 g/mol. The minimum atomic E-state index is -0.928. The van der Waals surface area contributed by atoms with E-state index < -0.39 is 5.97 Å². The number of hydrogen-bond donors (Lipinski definition) is 1. The highest BCUT2D eigenvalue weighted by Crippen LogP contribution is 2.30. The van der Waals surface area contributed by atoms with Crippen LogP contribution in [0.3, 0.4) is 0 Å². The Morgan fingerprint density at radius 3 is 2.38 bits per heavy atom. The Kier molecular flexibility index (Phi) is 5.42. The van der Waals surface area contributed by atoms with Gasteiger partial charge in [0.15, 0.2) is 0 Å². The smallest absolute Gasteiger partial charge is 0.307 e. The van der Waals surface area contributed by atoms with Crippen LogP contribution in [0.5, 0.6) is 0 Å². The van der Waals surface area contributed by atoms with Gasteiger partial charge < -0.3 is 5.11 Å². The second-order valence-electron chi connectivity index (χ2n) is 4.37. The van der Waals surface area contributed by atoms with Crippen molar-refractivity contribution in [2.45, 2.75) is 11.3 Å². The molecule has 2 aromatic carbocycles. The molecule has 21 heavy (non-hydrogen) atoms. The zero-order valence-electron chi connectivity index (χ0n) is 11.1. The van der Waals surface area contributed by atoms with Crippen molar-refractivity contribution in [2.75, 3.05) is 5.88 Å². The predicted molar refractivity (Wildman–Crippen MR) is 84.8 cm³/mol. The molecule has 0 fully saturated rings. The Bertz CT molecular complexity index is 656. The first-order valence-electron chi connectivity index (χ1n) is 6.27. The highest BCUT2D eigenvalue weighted by molar-refractivity contribution is 8.13. The van der Waals surface area contributed by atoms with E-state index in [4.69, 9.17) is 16.7 Å². The van der Waals surface area contributed by atoms with Crippen molar-refractivity contribution in [3.05, 3.63) is 54.1 Å². The molecule has 0 saturated heterocycles. The molecule has 0 aliphatic carbocycles. The van der Waals surface area contributed by atoms with Gasteiger partial charge in [0.05, 0.1) is 12.3 Å². The summed E-state index contributed by atoms with van der Waals surface area (Å²) >= 11 is 6.52. The zero-order chi connectivity index (χ0) is 15.2. The van der Waals surface area contributed by atoms with Crippen molar-refractivity contribution in [3.8, 4) is 11.1 Å². The number of hydrogen-bond acceptors (Lipinski definition) is 3. The van der Waals surface area contributed by atoms with E-state index in [1.165, 1.54) is 0 Å². The summed E-state index contributed by atoms with van der Waals surface area (Å²) in [6.07, 6.45) is -0.118. The number of carboxylic acids is 1. The van der Waals surface area contributed by atoms with Crippen LogP contribution in [-0.4, -0.2) is 22.1 Å². The van der Waals surface area contributed by atoms with Crippen LogP contribution in [0, 0.1) is 0 Å². The van der Waals surface area contributed by atoms with Gasteiger partial charge in [-0.25, -0.2) is 0 Å². The van der Waals surface area contributed by atoms with Crippen molar-refractivity contribution in [1.82, 2.24) is 0 Å². The standard InChI is InChI=1S/C16H13ClO3S/c17-10-16(20)21-14-8-12(11-4-2-1-3-5-11)6-7-13(14)9-15(18)19/h1-8H,9-10H2,(H,18,19). The molecule has 1 N–H and O–H groups in total. The minimum absolute atomic E-state index is 0.104. The van der Waals surface area contributed by atoms with Gasteiger partial charge in [0.1, 0.15) is 0 Å². The van der Waals surface area contributed by atoms with Crippen LogP contribution in [0.15, 0.2) is 53.4 Å². The zero-order valence-corrected chi connectivity index (χ0v) is 12.7. The maximum Gasteiger partial charge on any atom is 0.307 e. The van der Waals surface area contributed by atoms with E-state index in [0.29, 0.717) is 10.5 Å². The second kappa shape index (κ2) is 7.29. The van der Waals surface area contributed by atoms with Crippen LogP contribution < -0.4 is 0 Å². The van der Waals surface area contributed by atoms with Crippen molar-refractivity contribution in [2.24, 2.45) is 0 Å². The number of carbonyl (C=O) groups excluding carboxylic acids is 1. The number of halogens is 1. The van der Waals surface area contributed by atoms with Crippen LogP contribution in [-0.2, 0) is 16.0 Å². The lowest BCUT2D eigenvalue weighted by Gasteiger charge is -2.09. The highest BCUT2D eigenvalue weighted by atomic mass is 35.5. The van der Waals surface area contributed by atoms with E-state index in [-0.39, 0.29) is 17.4 Å². The van der Waals surface area contributed by atoms with E-state index in [0.717, 1.165) is 22.9 Å². The Balaban J connectivity index is 2.40. The second-order valence-corrected chi connectivity index (χ2v) is 5.73. The first kappa shape index (κ1) is 15.6. The number of thioether (sulfide) groups is 1. The summed E-state index contributed by atoms with van der Waals surface area (Å²) in [5, 5.41) is 8.75. The quantitative estimate of drug-likeness (QED) is 0.672. The number of carboxylic acid groups (broad SMARTS) is 1. The number of alkyl halides is 1. The van der Waals surface area contributed by atoms with Crippen LogP contribution in [0.2, 0.25) is 0 Å². The number of benzene rings is 2. The van der Waals surface area contributed by atoms with Crippen molar-refractivity contribution in [3.63, 3.8) is 0 Å². The lowest BCUT2D eigenvalue weighted by molar-refractivity contribution is -0.136. The molecule has 0 saturated carbocycles. The summed E-state index contributed by atoms with van der Waals surface area (Å²) < 4.78 is 0. The SMILES string of the molecule is O=C(O)Cc1ccc(-c2ccccc2)cc1SC(=O)CCl. The Hall–Kier alpha value is -1.78. The van der Waals surface area contributed by atoms with E-state index in [2.05, 4.69) is 0 Å². The van der Waals surface area contributed by atoms with Crippen LogP contribution >= 0.6 is 23.4 Å². The first-order valence-corrected chi connectivity index (χ1v) is 7.62. The Labute approximate surface area is 131 Å². The highest BCUT2D eigenvalue weighted by Gasteiger charge is 2.12. The molecule has 2 aromatic rings. The maximum atomic E-state index is 11.6. The Morgan fingerprint density at radius 1 is 1.05 bits per heavy atom. The molecule has 0 heterocycles. The van der Waals surface area contributed by atoms with Gasteiger partial charge >= 0.3 is 5.97 Å². The molecule has 108 valence electrons. The molecular weight excluding hydrogens is 308 g/mol. The third kappa shape index (κ3) is 4.34. The first-order chi connectivity index (χ1) is 10.1. The predicted octanol–water partition coefficient (Wildman–Crippen LogP) is 3.84. The van der Waals surface area contributed by atoms with Gasteiger partial charge in [0.2, 0.25) is 5.12 Å². The van der Waals surface area contributed by atoms with Crippen LogP contribution in [0.4, 0.5) is 0 Å². The summed E-state index contributed by atoms with van der Waals surface area (Å²) in [5.41, 5.74) is 2.57. The third-order valence-electron chi connectivity index (χ3n) is 2.85. The van der Waals surface area contributed by atoms with Gasteiger partial charge in [-0.1, -0.05) is 54.2 Å². The number of aliphatic carboxylic acids is 1. The molecule has 0 radical (unpaired) electrons. The molecule has 0 aliphatic heterocycles. The lowest BCUT2D eigenvalue weighted by atomic mass is 10.0. The molecule has 0 unspecified atom stereocenters. The van der Waals surface area contributed by atoms with Gasteiger partial charge in [0.25, 0.3) is 0 Å². The van der Waals surface area contributed by atoms with Crippen molar-refractivity contribution in [1.29, 1.82) is 0 Å². The molecule has 0 aliphatic rings. The molecule has 0 amide bonds. The minimum Gasteiger partial charge on any atom is -0.481 e. The third-order valence-corrected chi connectivity index (χ3v) is 4.22. The molecule has 3 nitrogen and oxygen atoms in total. The molecule has 0 atom stereocenters. The molecule has 0 aromatic heterocycles. The summed E-state index contributed by atoms with van der Waals surface area (Å²) in [7, 11) is 0. The van der Waals surface area contributed by atoms with Gasteiger partial charge in [-0.2, -0.15) is 0 Å². The van der Waals surface area contributed by atoms with Crippen molar-refractivity contribution >= 4 is 34.4 Å². The fourth-order valence-corrected chi connectivity index (χ4v) is 2.84. The topological polar surface area (TPSA) is 54.4 Å². The maximum absolute atomic E-state index is 11.6. The van der Waals surface area contributed by atoms with Gasteiger partial charge in [0, 0.05) is 4.90 Å². The summed E-state index contributed by atoms with van der Waals surface area (Å²) in [4.78, 5) is 23.1. The van der Waals surface area contributed by atoms with Gasteiger partial charge in [-0.05, 0) is 22.8 Å². The van der Waals surface area contributed by atoms with Gasteiger partial charge in [-0.3, -0.25) is 9.59 Å². The molecular formula is C16H13ClO3S. The van der Waals surface area contributed by atoms with E-state index in [9.17, 15) is 9.59 Å². The average Bonchev–Trinajstić information content (AvgIpc) is 2.49. The summed E-state index contributed by atoms with van der Waals surface area (Å²) in [5.74, 6) is -1.03. The summed E-state index contributed by atoms with van der Waals surface area (Å²) in [6, 6.07) is 15.2. The largest absolute Gasteiger partial charge is 0.481 e. The number of carbonyl (C=O) groups is 2. The lowest BCUT2D eigenvalue weighted by Crippen LogP contribution is -2.03. The fourth-order valence-electron chi connectivity index (χ4n) is 1.92. The number of rotatable bonds is 5. The normalized spacial score (nSPS) is 10.3. The molecule has 0 spiro atoms. The molecule has 2 rings (SSSR count). The van der Waals surface area contributed by atoms with Crippen molar-refractivity contribution < 1.29 is 14.7 Å². The monoisotopic (exact) mass is 320 g/mol. The van der Waals surface area contributed by atoms with Crippen LogP contribution in [0.1, 0.15) is 5.56 Å². The Morgan fingerprint density at radius 2 is 1.76 bits per heavy atom.